The molecule has 0 radical (unpaired) electrons. The van der Waals surface area contributed by atoms with Crippen LogP contribution in [0.3, 0.4) is 0 Å². The number of hydrogen-bond donors (Lipinski definition) is 3. The van der Waals surface area contributed by atoms with Crippen LogP contribution in [0.25, 0.3) is 0 Å². The summed E-state index contributed by atoms with van der Waals surface area (Å²) in [6.45, 7) is 10.1. The minimum Gasteiger partial charge on any atom is -0.508 e. The van der Waals surface area contributed by atoms with Crippen molar-refractivity contribution in [2.24, 2.45) is 0 Å². The van der Waals surface area contributed by atoms with Gasteiger partial charge in [-0.25, -0.2) is 4.79 Å². The zero-order valence-corrected chi connectivity index (χ0v) is 22.6. The van der Waals surface area contributed by atoms with Gasteiger partial charge in [-0.2, -0.15) is 11.8 Å². The van der Waals surface area contributed by atoms with Gasteiger partial charge in [-0.05, 0) is 69.4 Å². The lowest BCUT2D eigenvalue weighted by molar-refractivity contribution is -0.144. The average Bonchev–Trinajstić information content (AvgIpc) is 2.80. The third-order valence-corrected chi connectivity index (χ3v) is 5.58. The first-order chi connectivity index (χ1) is 16.8. The number of nitrogens with one attached hydrogen (secondary N) is 2. The van der Waals surface area contributed by atoms with Crippen molar-refractivity contribution in [3.63, 3.8) is 0 Å². The number of methoxy groups -OCH3 is 1. The molecule has 0 aliphatic rings. The molecular formula is C25H37N3O7S. The van der Waals surface area contributed by atoms with Gasteiger partial charge in [-0.1, -0.05) is 12.1 Å². The van der Waals surface area contributed by atoms with Crippen LogP contribution in [0.15, 0.2) is 30.9 Å². The molecule has 0 heterocycles. The number of carbonyl (C=O) groups excluding carboxylic acids is 4. The number of esters is 1. The summed E-state index contributed by atoms with van der Waals surface area (Å²) in [5.41, 5.74) is 0.136. The van der Waals surface area contributed by atoms with E-state index in [0.717, 1.165) is 0 Å². The van der Waals surface area contributed by atoms with Crippen LogP contribution in [-0.2, 0) is 23.9 Å². The van der Waals surface area contributed by atoms with Gasteiger partial charge in [-0.3, -0.25) is 14.4 Å². The van der Waals surface area contributed by atoms with Gasteiger partial charge in [0.15, 0.2) is 0 Å². The van der Waals surface area contributed by atoms with Crippen LogP contribution in [0.2, 0.25) is 0 Å². The minimum atomic E-state index is -1.18. The molecule has 1 aromatic carbocycles. The summed E-state index contributed by atoms with van der Waals surface area (Å²) in [5, 5.41) is 15.1. The third-order valence-electron chi connectivity index (χ3n) is 4.94. The summed E-state index contributed by atoms with van der Waals surface area (Å²) in [5.74, 6) is -1.24. The first-order valence-corrected chi connectivity index (χ1v) is 12.8. The number of benzene rings is 1. The third kappa shape index (κ3) is 9.80. The molecule has 3 N–H and O–H groups in total. The Kier molecular flexibility index (Phi) is 12.3. The van der Waals surface area contributed by atoms with Gasteiger partial charge in [0.25, 0.3) is 0 Å². The van der Waals surface area contributed by atoms with Crippen molar-refractivity contribution < 1.29 is 33.8 Å². The molecule has 200 valence electrons. The molecule has 0 fully saturated rings. The maximum atomic E-state index is 13.8. The van der Waals surface area contributed by atoms with E-state index < -0.39 is 48.1 Å². The summed E-state index contributed by atoms with van der Waals surface area (Å²) in [6, 6.07) is 2.36. The second-order valence-electron chi connectivity index (χ2n) is 9.00. The second kappa shape index (κ2) is 14.4. The van der Waals surface area contributed by atoms with Crippen molar-refractivity contribution in [3.8, 4) is 5.75 Å². The molecule has 0 aliphatic heterocycles. The van der Waals surface area contributed by atoms with Crippen molar-refractivity contribution >= 4 is 35.6 Å². The van der Waals surface area contributed by atoms with E-state index in [2.05, 4.69) is 21.9 Å². The molecule has 0 aliphatic carbocycles. The molecule has 10 nitrogen and oxygen atoms in total. The number of phenols is 1. The maximum absolute atomic E-state index is 13.8. The molecule has 36 heavy (non-hydrogen) atoms. The molecule has 0 spiro atoms. The van der Waals surface area contributed by atoms with Gasteiger partial charge in [0.2, 0.25) is 11.8 Å². The standard InChI is InChI=1S/C25H37N3O7S/c1-8-12-28(23(32)18(11-13-36-7)27-24(33)35-25(3,4)5)21(22(31)26-15-20(30)34-6)17-9-10-19(29)16(2)14-17/h8-10,14,18,21,29H,1,11-13,15H2,2-7H3,(H,26,31)(H,27,33). The van der Waals surface area contributed by atoms with Crippen molar-refractivity contribution in [1.29, 1.82) is 0 Å². The smallest absolute Gasteiger partial charge is 0.408 e. The Morgan fingerprint density at radius 3 is 2.44 bits per heavy atom. The number of thioether (sulfide) groups is 1. The van der Waals surface area contributed by atoms with Crippen molar-refractivity contribution in [2.45, 2.75) is 51.8 Å². The largest absolute Gasteiger partial charge is 0.508 e. The van der Waals surface area contributed by atoms with E-state index in [-0.39, 0.29) is 18.7 Å². The summed E-state index contributed by atoms with van der Waals surface area (Å²) in [6.07, 6.45) is 2.87. The van der Waals surface area contributed by atoms with E-state index in [4.69, 9.17) is 4.74 Å². The number of phenolic OH excluding ortho intramolecular Hbond substituents is 1. The van der Waals surface area contributed by atoms with Crippen molar-refractivity contribution in [2.75, 3.05) is 32.2 Å². The Bertz CT molecular complexity index is 946. The number of nitrogens with zero attached hydrogens (tertiary/aromatic N) is 1. The van der Waals surface area contributed by atoms with Gasteiger partial charge in [0.1, 0.15) is 30.0 Å². The van der Waals surface area contributed by atoms with E-state index in [1.807, 2.05) is 6.26 Å². The Labute approximate surface area is 216 Å². The van der Waals surface area contributed by atoms with Crippen molar-refractivity contribution in [3.05, 3.63) is 42.0 Å². The summed E-state index contributed by atoms with van der Waals surface area (Å²) >= 11 is 1.50. The van der Waals surface area contributed by atoms with Crippen LogP contribution < -0.4 is 10.6 Å². The number of aromatic hydroxyl groups is 1. The molecule has 11 heteroatoms. The van der Waals surface area contributed by atoms with Crippen LogP contribution in [-0.4, -0.2) is 77.7 Å². The SMILES string of the molecule is C=CCN(C(=O)C(CCSC)NC(=O)OC(C)(C)C)C(C(=O)NCC(=O)OC)c1ccc(O)c(C)c1. The van der Waals surface area contributed by atoms with Gasteiger partial charge in [0, 0.05) is 6.54 Å². The fourth-order valence-corrected chi connectivity index (χ4v) is 3.73. The number of amides is 3. The highest BCUT2D eigenvalue weighted by atomic mass is 32.2. The zero-order valence-electron chi connectivity index (χ0n) is 21.8. The average molecular weight is 524 g/mol. The van der Waals surface area contributed by atoms with Crippen LogP contribution in [0.5, 0.6) is 5.75 Å². The predicted octanol–water partition coefficient (Wildman–Crippen LogP) is 2.69. The fraction of sp³-hybridized carbons (Fsp3) is 0.520. The first-order valence-electron chi connectivity index (χ1n) is 11.4. The Hall–Kier alpha value is -3.21. The van der Waals surface area contributed by atoms with Gasteiger partial charge >= 0.3 is 12.1 Å². The highest BCUT2D eigenvalue weighted by Crippen LogP contribution is 2.27. The Morgan fingerprint density at radius 1 is 1.25 bits per heavy atom. The lowest BCUT2D eigenvalue weighted by atomic mass is 10.00. The lowest BCUT2D eigenvalue weighted by Gasteiger charge is -2.34. The number of rotatable bonds is 12. The lowest BCUT2D eigenvalue weighted by Crippen LogP contribution is -2.53. The number of aryl methyl sites for hydroxylation is 1. The van der Waals surface area contributed by atoms with Gasteiger partial charge < -0.3 is 30.1 Å². The first kappa shape index (κ1) is 30.8. The predicted molar refractivity (Wildman–Crippen MR) is 139 cm³/mol. The van der Waals surface area contributed by atoms with Crippen LogP contribution in [0.1, 0.15) is 44.4 Å². The summed E-state index contributed by atoms with van der Waals surface area (Å²) in [7, 11) is 1.20. The van der Waals surface area contributed by atoms with E-state index in [1.54, 1.807) is 33.8 Å². The quantitative estimate of drug-likeness (QED) is 0.281. The molecule has 0 bridgehead atoms. The van der Waals surface area contributed by atoms with Crippen LogP contribution >= 0.6 is 11.8 Å². The minimum absolute atomic E-state index is 0.0264. The molecule has 0 saturated carbocycles. The topological polar surface area (TPSA) is 134 Å². The van der Waals surface area contributed by atoms with E-state index in [9.17, 15) is 24.3 Å². The molecule has 3 amide bonds. The Morgan fingerprint density at radius 2 is 1.92 bits per heavy atom. The molecule has 0 aromatic heterocycles. The number of ether oxygens (including phenoxy) is 2. The maximum Gasteiger partial charge on any atom is 0.408 e. The zero-order chi connectivity index (χ0) is 27.5. The van der Waals surface area contributed by atoms with E-state index in [0.29, 0.717) is 16.9 Å². The number of carbonyl (C=O) groups is 4. The molecule has 2 unspecified atom stereocenters. The number of hydrogen-bond acceptors (Lipinski definition) is 8. The number of alkyl carbamates (subject to hydrolysis) is 1. The van der Waals surface area contributed by atoms with Gasteiger partial charge in [-0.15, -0.1) is 6.58 Å². The van der Waals surface area contributed by atoms with E-state index >= 15 is 0 Å². The summed E-state index contributed by atoms with van der Waals surface area (Å²) < 4.78 is 9.93. The highest BCUT2D eigenvalue weighted by Gasteiger charge is 2.36. The van der Waals surface area contributed by atoms with Crippen molar-refractivity contribution in [1.82, 2.24) is 15.5 Å². The normalized spacial score (nSPS) is 12.6. The molecule has 0 saturated heterocycles. The molecular weight excluding hydrogens is 486 g/mol. The Balaban J connectivity index is 3.44. The molecule has 1 aromatic rings. The molecule has 2 atom stereocenters. The fourth-order valence-electron chi connectivity index (χ4n) is 3.25. The van der Waals surface area contributed by atoms with Crippen LogP contribution in [0.4, 0.5) is 4.79 Å². The van der Waals surface area contributed by atoms with E-state index in [1.165, 1.54) is 42.0 Å². The van der Waals surface area contributed by atoms with Gasteiger partial charge in [0.05, 0.1) is 7.11 Å². The molecule has 1 rings (SSSR count). The summed E-state index contributed by atoms with van der Waals surface area (Å²) in [4.78, 5) is 52.5. The monoisotopic (exact) mass is 523 g/mol. The van der Waals surface area contributed by atoms with Crippen LogP contribution in [0, 0.1) is 6.92 Å². The highest BCUT2D eigenvalue weighted by molar-refractivity contribution is 7.98. The second-order valence-corrected chi connectivity index (χ2v) is 9.99.